The average molecular weight is 445 g/mol. The Morgan fingerprint density at radius 3 is 2.52 bits per heavy atom. The van der Waals surface area contributed by atoms with Crippen LogP contribution in [0.5, 0.6) is 5.75 Å². The molecule has 0 aliphatic rings. The molecule has 0 amide bonds. The van der Waals surface area contributed by atoms with Crippen molar-refractivity contribution in [2.24, 2.45) is 4.99 Å². The van der Waals surface area contributed by atoms with Crippen LogP contribution in [0.15, 0.2) is 52.8 Å². The Morgan fingerprint density at radius 2 is 1.91 bits per heavy atom. The van der Waals surface area contributed by atoms with Gasteiger partial charge in [0.2, 0.25) is 0 Å². The lowest BCUT2D eigenvalue weighted by Gasteiger charge is -2.20. The number of para-hydroxylation sites is 1. The lowest BCUT2D eigenvalue weighted by atomic mass is 10.3. The average Bonchev–Trinajstić information content (AvgIpc) is 3.06. The first-order valence-corrected chi connectivity index (χ1v) is 8.29. The van der Waals surface area contributed by atoms with Crippen LogP contribution in [0.1, 0.15) is 24.8 Å². The molecule has 4 nitrogen and oxygen atoms in total. The molecule has 1 aromatic carbocycles. The number of guanidine groups is 1. The van der Waals surface area contributed by atoms with Crippen LogP contribution in [0.2, 0.25) is 0 Å². The molecule has 0 aliphatic heterocycles. The summed E-state index contributed by atoms with van der Waals surface area (Å²) < 4.78 is 5.84. The van der Waals surface area contributed by atoms with Crippen molar-refractivity contribution in [3.05, 3.63) is 52.7 Å². The van der Waals surface area contributed by atoms with Crippen molar-refractivity contribution in [3.8, 4) is 5.75 Å². The van der Waals surface area contributed by atoms with Gasteiger partial charge in [0.05, 0.1) is 12.6 Å². The van der Waals surface area contributed by atoms with Crippen LogP contribution in [0.3, 0.4) is 0 Å². The summed E-state index contributed by atoms with van der Waals surface area (Å²) in [7, 11) is 1.78. The number of hydrogen-bond acceptors (Lipinski definition) is 3. The molecule has 6 heteroatoms. The van der Waals surface area contributed by atoms with Crippen molar-refractivity contribution in [3.63, 3.8) is 0 Å². The number of benzene rings is 1. The fourth-order valence-corrected chi connectivity index (χ4v) is 2.76. The van der Waals surface area contributed by atoms with Gasteiger partial charge in [0.1, 0.15) is 11.9 Å². The molecule has 1 heterocycles. The van der Waals surface area contributed by atoms with Crippen LogP contribution in [0.4, 0.5) is 0 Å². The minimum atomic E-state index is 0. The molecule has 0 bridgehead atoms. The second-order valence-corrected chi connectivity index (χ2v) is 6.06. The molecule has 0 fully saturated rings. The molecule has 2 rings (SSSR count). The summed E-state index contributed by atoms with van der Waals surface area (Å²) in [5.41, 5.74) is 0. The van der Waals surface area contributed by atoms with Gasteiger partial charge >= 0.3 is 0 Å². The zero-order valence-electron chi connectivity index (χ0n) is 13.7. The number of rotatable bonds is 6. The topological polar surface area (TPSA) is 45.7 Å². The van der Waals surface area contributed by atoms with Gasteiger partial charge in [0.15, 0.2) is 5.96 Å². The largest absolute Gasteiger partial charge is 0.489 e. The Hall–Kier alpha value is -1.28. The van der Waals surface area contributed by atoms with Crippen molar-refractivity contribution >= 4 is 41.3 Å². The summed E-state index contributed by atoms with van der Waals surface area (Å²) in [6, 6.07) is 14.3. The Bertz CT molecular complexity index is 575. The number of hydrogen-bond donors (Lipinski definition) is 2. The van der Waals surface area contributed by atoms with Gasteiger partial charge in [0, 0.05) is 11.9 Å². The van der Waals surface area contributed by atoms with E-state index in [1.807, 2.05) is 37.3 Å². The fourth-order valence-electron chi connectivity index (χ4n) is 2.02. The van der Waals surface area contributed by atoms with Gasteiger partial charge in [-0.1, -0.05) is 24.3 Å². The third kappa shape index (κ3) is 6.78. The molecule has 126 valence electrons. The molecule has 0 radical (unpaired) electrons. The zero-order valence-corrected chi connectivity index (χ0v) is 16.8. The molecule has 2 N–H and O–H groups in total. The predicted molar refractivity (Wildman–Crippen MR) is 109 cm³/mol. The molecule has 0 aliphatic carbocycles. The van der Waals surface area contributed by atoms with Crippen molar-refractivity contribution < 1.29 is 4.74 Å². The molecule has 1 aromatic heterocycles. The van der Waals surface area contributed by atoms with Crippen molar-refractivity contribution in [1.82, 2.24) is 10.6 Å². The lowest BCUT2D eigenvalue weighted by molar-refractivity contribution is 0.223. The number of nitrogens with one attached hydrogen (secondary N) is 2. The van der Waals surface area contributed by atoms with Crippen molar-refractivity contribution in [1.29, 1.82) is 0 Å². The summed E-state index contributed by atoms with van der Waals surface area (Å²) in [5.74, 6) is 1.66. The van der Waals surface area contributed by atoms with Gasteiger partial charge in [0.25, 0.3) is 0 Å². The summed E-state index contributed by atoms with van der Waals surface area (Å²) >= 11 is 1.74. The van der Waals surface area contributed by atoms with Gasteiger partial charge < -0.3 is 15.4 Å². The van der Waals surface area contributed by atoms with Crippen LogP contribution in [-0.4, -0.2) is 25.7 Å². The lowest BCUT2D eigenvalue weighted by Crippen LogP contribution is -2.42. The summed E-state index contributed by atoms with van der Waals surface area (Å²) in [4.78, 5) is 5.55. The third-order valence-electron chi connectivity index (χ3n) is 3.18. The van der Waals surface area contributed by atoms with Gasteiger partial charge in [-0.2, -0.15) is 0 Å². The minimum Gasteiger partial charge on any atom is -0.489 e. The van der Waals surface area contributed by atoms with Crippen molar-refractivity contribution in [2.45, 2.75) is 26.0 Å². The summed E-state index contributed by atoms with van der Waals surface area (Å²) in [6.45, 7) is 4.85. The van der Waals surface area contributed by atoms with Gasteiger partial charge in [-0.25, -0.2) is 0 Å². The molecule has 2 unspecified atom stereocenters. The van der Waals surface area contributed by atoms with E-state index in [4.69, 9.17) is 4.74 Å². The van der Waals surface area contributed by atoms with E-state index in [0.717, 1.165) is 11.7 Å². The molecule has 0 saturated heterocycles. The maximum Gasteiger partial charge on any atom is 0.191 e. The minimum absolute atomic E-state index is 0. The standard InChI is InChI=1S/C17H23N3OS.HI/c1-13(21-15-8-5-4-6-9-15)12-19-17(18-3)20-14(2)16-10-7-11-22-16;/h4-11,13-14H,12H2,1-3H3,(H2,18,19,20);1H. The number of thiophene rings is 1. The van der Waals surface area contributed by atoms with Crippen LogP contribution in [-0.2, 0) is 0 Å². The highest BCUT2D eigenvalue weighted by atomic mass is 127. The molecule has 2 atom stereocenters. The van der Waals surface area contributed by atoms with E-state index in [2.05, 4.69) is 40.1 Å². The van der Waals surface area contributed by atoms with E-state index in [0.29, 0.717) is 6.54 Å². The Labute approximate surface area is 159 Å². The predicted octanol–water partition coefficient (Wildman–Crippen LogP) is 4.06. The second kappa shape index (κ2) is 10.5. The Balaban J connectivity index is 0.00000264. The van der Waals surface area contributed by atoms with Crippen LogP contribution < -0.4 is 15.4 Å². The molecule has 23 heavy (non-hydrogen) atoms. The van der Waals surface area contributed by atoms with E-state index < -0.39 is 0 Å². The molecule has 0 saturated carbocycles. The SMILES string of the molecule is CN=C(NCC(C)Oc1ccccc1)NC(C)c1cccs1.I. The van der Waals surface area contributed by atoms with Crippen LogP contribution in [0.25, 0.3) is 0 Å². The van der Waals surface area contributed by atoms with Gasteiger partial charge in [-0.05, 0) is 37.4 Å². The summed E-state index contributed by atoms with van der Waals surface area (Å²) in [6.07, 6.45) is 0.0537. The quantitative estimate of drug-likeness (QED) is 0.401. The second-order valence-electron chi connectivity index (χ2n) is 5.08. The maximum atomic E-state index is 5.84. The van der Waals surface area contributed by atoms with Gasteiger partial charge in [-0.3, -0.25) is 4.99 Å². The monoisotopic (exact) mass is 445 g/mol. The Kier molecular flexibility index (Phi) is 9.01. The number of nitrogens with zero attached hydrogens (tertiary/aromatic N) is 1. The highest BCUT2D eigenvalue weighted by Gasteiger charge is 2.10. The number of ether oxygens (including phenoxy) is 1. The van der Waals surface area contributed by atoms with Gasteiger partial charge in [-0.15, -0.1) is 35.3 Å². The van der Waals surface area contributed by atoms with E-state index in [-0.39, 0.29) is 36.1 Å². The fraction of sp³-hybridized carbons (Fsp3) is 0.353. The van der Waals surface area contributed by atoms with E-state index in [1.54, 1.807) is 18.4 Å². The normalized spacial score (nSPS) is 13.6. The molecule has 0 spiro atoms. The summed E-state index contributed by atoms with van der Waals surface area (Å²) in [5, 5.41) is 8.77. The smallest absolute Gasteiger partial charge is 0.191 e. The highest BCUT2D eigenvalue weighted by Crippen LogP contribution is 2.17. The van der Waals surface area contributed by atoms with E-state index in [9.17, 15) is 0 Å². The first-order valence-electron chi connectivity index (χ1n) is 7.41. The molecular formula is C17H24IN3OS. The van der Waals surface area contributed by atoms with Crippen LogP contribution in [0, 0.1) is 0 Å². The Morgan fingerprint density at radius 1 is 1.17 bits per heavy atom. The van der Waals surface area contributed by atoms with E-state index in [1.165, 1.54) is 4.88 Å². The number of aliphatic imine (C=N–C) groups is 1. The van der Waals surface area contributed by atoms with E-state index >= 15 is 0 Å². The van der Waals surface area contributed by atoms with Crippen LogP contribution >= 0.6 is 35.3 Å². The third-order valence-corrected chi connectivity index (χ3v) is 4.24. The highest BCUT2D eigenvalue weighted by molar-refractivity contribution is 14.0. The molecular weight excluding hydrogens is 421 g/mol. The maximum absolute atomic E-state index is 5.84. The first-order chi connectivity index (χ1) is 10.7. The molecule has 2 aromatic rings. The van der Waals surface area contributed by atoms with Crippen molar-refractivity contribution in [2.75, 3.05) is 13.6 Å². The first kappa shape index (κ1) is 19.8. The zero-order chi connectivity index (χ0) is 15.8. The number of halogens is 1.